The molecule has 0 amide bonds. The van der Waals surface area contributed by atoms with Crippen LogP contribution in [0.15, 0.2) is 47.4 Å². The molecule has 0 unspecified atom stereocenters. The van der Waals surface area contributed by atoms with E-state index >= 15 is 0 Å². The fourth-order valence-corrected chi connectivity index (χ4v) is 3.49. The Morgan fingerprint density at radius 3 is 2.14 bits per heavy atom. The van der Waals surface area contributed by atoms with Gasteiger partial charge in [-0.15, -0.1) is 0 Å². The molecule has 0 saturated heterocycles. The van der Waals surface area contributed by atoms with Gasteiger partial charge in [-0.05, 0) is 55.3 Å². The van der Waals surface area contributed by atoms with Crippen LogP contribution in [0.3, 0.4) is 0 Å². The molecule has 1 atom stereocenters. The van der Waals surface area contributed by atoms with E-state index in [1.165, 1.54) is 37.3 Å². The second kappa shape index (κ2) is 5.91. The zero-order valence-electron chi connectivity index (χ0n) is 11.6. The lowest BCUT2D eigenvalue weighted by molar-refractivity contribution is 0.565. The molecule has 0 radical (unpaired) electrons. The zero-order valence-corrected chi connectivity index (χ0v) is 12.4. The Morgan fingerprint density at radius 1 is 1.00 bits per heavy atom. The molecule has 0 heterocycles. The van der Waals surface area contributed by atoms with Gasteiger partial charge < -0.3 is 0 Å². The Balaban J connectivity index is 2.26. The van der Waals surface area contributed by atoms with Crippen molar-refractivity contribution >= 4 is 10.0 Å². The van der Waals surface area contributed by atoms with E-state index in [-0.39, 0.29) is 10.7 Å². The standard InChI is InChI=1S/C15H15F2NO2S/c1-10-9-14(17)7-8-15(10)21(19,20)18-11(2)12-3-5-13(16)6-4-12/h3-9,11,18H,1-2H3/t11-/m1/s1. The van der Waals surface area contributed by atoms with Crippen LogP contribution in [0.5, 0.6) is 0 Å². The smallest absolute Gasteiger partial charge is 0.207 e. The van der Waals surface area contributed by atoms with Crippen molar-refractivity contribution in [1.82, 2.24) is 4.72 Å². The molecule has 0 bridgehead atoms. The molecule has 0 aliphatic heterocycles. The second-order valence-corrected chi connectivity index (χ2v) is 6.49. The van der Waals surface area contributed by atoms with Crippen molar-refractivity contribution in [2.24, 2.45) is 0 Å². The second-order valence-electron chi connectivity index (χ2n) is 4.80. The summed E-state index contributed by atoms with van der Waals surface area (Å²) in [5.41, 5.74) is 0.966. The lowest BCUT2D eigenvalue weighted by atomic mass is 10.1. The van der Waals surface area contributed by atoms with Gasteiger partial charge in [-0.3, -0.25) is 0 Å². The van der Waals surface area contributed by atoms with E-state index in [2.05, 4.69) is 4.72 Å². The molecule has 112 valence electrons. The number of hydrogen-bond donors (Lipinski definition) is 1. The van der Waals surface area contributed by atoms with Crippen molar-refractivity contribution in [2.75, 3.05) is 0 Å². The minimum atomic E-state index is -3.78. The van der Waals surface area contributed by atoms with Crippen LogP contribution in [0.4, 0.5) is 8.78 Å². The zero-order chi connectivity index (χ0) is 15.6. The highest BCUT2D eigenvalue weighted by Crippen LogP contribution is 2.20. The van der Waals surface area contributed by atoms with E-state index in [4.69, 9.17) is 0 Å². The van der Waals surface area contributed by atoms with Gasteiger partial charge in [0.2, 0.25) is 10.0 Å². The topological polar surface area (TPSA) is 46.2 Å². The third kappa shape index (κ3) is 3.65. The maximum absolute atomic E-state index is 13.1. The Hall–Kier alpha value is -1.79. The Bertz CT molecular complexity index is 743. The molecule has 2 rings (SSSR count). The molecule has 0 saturated carbocycles. The molecule has 1 N–H and O–H groups in total. The molecule has 2 aromatic carbocycles. The Labute approximate surface area is 122 Å². The van der Waals surface area contributed by atoms with Gasteiger partial charge in [0.15, 0.2) is 0 Å². The van der Waals surface area contributed by atoms with Crippen LogP contribution in [0.25, 0.3) is 0 Å². The summed E-state index contributed by atoms with van der Waals surface area (Å²) >= 11 is 0. The predicted molar refractivity (Wildman–Crippen MR) is 76.3 cm³/mol. The minimum absolute atomic E-state index is 0.0258. The van der Waals surface area contributed by atoms with Crippen LogP contribution in [-0.4, -0.2) is 8.42 Å². The fraction of sp³-hybridized carbons (Fsp3) is 0.200. The summed E-state index contributed by atoms with van der Waals surface area (Å²) in [7, 11) is -3.78. The van der Waals surface area contributed by atoms with Crippen molar-refractivity contribution in [3.63, 3.8) is 0 Å². The molecular formula is C15H15F2NO2S. The first kappa shape index (κ1) is 15.6. The lowest BCUT2D eigenvalue weighted by Gasteiger charge is -2.16. The molecule has 0 aliphatic carbocycles. The number of halogens is 2. The summed E-state index contributed by atoms with van der Waals surface area (Å²) < 4.78 is 53.0. The molecule has 3 nitrogen and oxygen atoms in total. The molecule has 0 fully saturated rings. The number of hydrogen-bond acceptors (Lipinski definition) is 2. The van der Waals surface area contributed by atoms with E-state index in [0.29, 0.717) is 11.1 Å². The number of rotatable bonds is 4. The van der Waals surface area contributed by atoms with Crippen molar-refractivity contribution in [3.05, 3.63) is 65.2 Å². The van der Waals surface area contributed by atoms with Crippen LogP contribution in [0.1, 0.15) is 24.1 Å². The highest BCUT2D eigenvalue weighted by molar-refractivity contribution is 7.89. The van der Waals surface area contributed by atoms with E-state index in [1.54, 1.807) is 6.92 Å². The number of aryl methyl sites for hydroxylation is 1. The normalized spacial score (nSPS) is 13.1. The lowest BCUT2D eigenvalue weighted by Crippen LogP contribution is -2.27. The summed E-state index contributed by atoms with van der Waals surface area (Å²) in [6.07, 6.45) is 0. The molecule has 21 heavy (non-hydrogen) atoms. The first-order chi connectivity index (χ1) is 9.79. The van der Waals surface area contributed by atoms with Crippen LogP contribution in [0, 0.1) is 18.6 Å². The van der Waals surface area contributed by atoms with Crippen molar-refractivity contribution < 1.29 is 17.2 Å². The Kier molecular flexibility index (Phi) is 4.39. The average Bonchev–Trinajstić information content (AvgIpc) is 2.38. The van der Waals surface area contributed by atoms with E-state index in [1.807, 2.05) is 0 Å². The summed E-state index contributed by atoms with van der Waals surface area (Å²) in [5.74, 6) is -0.874. The average molecular weight is 311 g/mol. The van der Waals surface area contributed by atoms with Gasteiger partial charge >= 0.3 is 0 Å². The number of benzene rings is 2. The summed E-state index contributed by atoms with van der Waals surface area (Å²) in [6, 6.07) is 8.53. The first-order valence-corrected chi connectivity index (χ1v) is 7.82. The largest absolute Gasteiger partial charge is 0.241 e. The molecule has 0 spiro atoms. The van der Waals surface area contributed by atoms with Gasteiger partial charge in [0.25, 0.3) is 0 Å². The van der Waals surface area contributed by atoms with E-state index in [0.717, 1.165) is 12.1 Å². The van der Waals surface area contributed by atoms with Gasteiger partial charge in [0.1, 0.15) is 11.6 Å². The maximum atomic E-state index is 13.1. The van der Waals surface area contributed by atoms with Gasteiger partial charge in [0, 0.05) is 6.04 Å². The molecule has 0 aromatic heterocycles. The first-order valence-electron chi connectivity index (χ1n) is 6.33. The molecule has 0 aliphatic rings. The third-order valence-electron chi connectivity index (χ3n) is 3.13. The van der Waals surface area contributed by atoms with E-state index < -0.39 is 21.9 Å². The predicted octanol–water partition coefficient (Wildman–Crippen LogP) is 3.31. The van der Waals surface area contributed by atoms with Crippen LogP contribution < -0.4 is 4.72 Å². The Morgan fingerprint density at radius 2 is 1.57 bits per heavy atom. The van der Waals surface area contributed by atoms with Crippen molar-refractivity contribution in [1.29, 1.82) is 0 Å². The summed E-state index contributed by atoms with van der Waals surface area (Å²) in [5, 5.41) is 0. The molecule has 2 aromatic rings. The molecule has 6 heteroatoms. The highest BCUT2D eigenvalue weighted by atomic mass is 32.2. The third-order valence-corrected chi connectivity index (χ3v) is 4.83. The fourth-order valence-electron chi connectivity index (χ4n) is 2.03. The van der Waals surface area contributed by atoms with Crippen molar-refractivity contribution in [2.45, 2.75) is 24.8 Å². The van der Waals surface area contributed by atoms with E-state index in [9.17, 15) is 17.2 Å². The number of sulfonamides is 1. The SMILES string of the molecule is Cc1cc(F)ccc1S(=O)(=O)N[C@H](C)c1ccc(F)cc1. The number of nitrogens with one attached hydrogen (secondary N) is 1. The summed E-state index contributed by atoms with van der Waals surface area (Å²) in [4.78, 5) is 0.0258. The minimum Gasteiger partial charge on any atom is -0.207 e. The van der Waals surface area contributed by atoms with Gasteiger partial charge in [-0.25, -0.2) is 21.9 Å². The van der Waals surface area contributed by atoms with Gasteiger partial charge in [-0.2, -0.15) is 0 Å². The van der Waals surface area contributed by atoms with Crippen LogP contribution in [-0.2, 0) is 10.0 Å². The maximum Gasteiger partial charge on any atom is 0.241 e. The van der Waals surface area contributed by atoms with Gasteiger partial charge in [0.05, 0.1) is 4.90 Å². The quantitative estimate of drug-likeness (QED) is 0.941. The van der Waals surface area contributed by atoms with Crippen LogP contribution >= 0.6 is 0 Å². The highest BCUT2D eigenvalue weighted by Gasteiger charge is 2.20. The van der Waals surface area contributed by atoms with Crippen molar-refractivity contribution in [3.8, 4) is 0 Å². The summed E-state index contributed by atoms with van der Waals surface area (Å²) in [6.45, 7) is 3.18. The monoisotopic (exact) mass is 311 g/mol. The van der Waals surface area contributed by atoms with Gasteiger partial charge in [-0.1, -0.05) is 12.1 Å². The molecular weight excluding hydrogens is 296 g/mol. The van der Waals surface area contributed by atoms with Crippen LogP contribution in [0.2, 0.25) is 0 Å².